The van der Waals surface area contributed by atoms with Crippen LogP contribution in [0.1, 0.15) is 25.0 Å². The van der Waals surface area contributed by atoms with Gasteiger partial charge in [0.15, 0.2) is 0 Å². The standard InChI is InChI=1S/C12H20N2/c1-10(2)14-9-12-5-3-11(4-6-12)7-8-13/h3-6,10,14H,7-9,13H2,1-2H3. The average Bonchev–Trinajstić information content (AvgIpc) is 2.17. The molecule has 2 heteroatoms. The van der Waals surface area contributed by atoms with Crippen molar-refractivity contribution in [3.63, 3.8) is 0 Å². The van der Waals surface area contributed by atoms with Crippen LogP contribution in [0.3, 0.4) is 0 Å². The van der Waals surface area contributed by atoms with Crippen molar-refractivity contribution in [3.8, 4) is 0 Å². The molecule has 1 aromatic carbocycles. The van der Waals surface area contributed by atoms with Crippen molar-refractivity contribution in [1.29, 1.82) is 0 Å². The minimum Gasteiger partial charge on any atom is -0.330 e. The van der Waals surface area contributed by atoms with E-state index in [0.717, 1.165) is 19.5 Å². The lowest BCUT2D eigenvalue weighted by Gasteiger charge is -2.08. The zero-order chi connectivity index (χ0) is 10.4. The number of nitrogens with one attached hydrogen (secondary N) is 1. The van der Waals surface area contributed by atoms with Crippen LogP contribution in [0.15, 0.2) is 24.3 Å². The van der Waals surface area contributed by atoms with Gasteiger partial charge in [-0.1, -0.05) is 38.1 Å². The quantitative estimate of drug-likeness (QED) is 0.745. The topological polar surface area (TPSA) is 38.0 Å². The maximum atomic E-state index is 5.48. The molecule has 0 fully saturated rings. The van der Waals surface area contributed by atoms with E-state index in [2.05, 4.69) is 43.4 Å². The first kappa shape index (κ1) is 11.2. The Morgan fingerprint density at radius 2 is 1.71 bits per heavy atom. The molecule has 1 aromatic rings. The molecule has 0 aliphatic heterocycles. The highest BCUT2D eigenvalue weighted by Crippen LogP contribution is 2.04. The van der Waals surface area contributed by atoms with E-state index in [0.29, 0.717) is 6.04 Å². The molecule has 0 aromatic heterocycles. The predicted octanol–water partition coefficient (Wildman–Crippen LogP) is 1.69. The van der Waals surface area contributed by atoms with Crippen LogP contribution in [0.4, 0.5) is 0 Å². The van der Waals surface area contributed by atoms with Gasteiger partial charge in [0.1, 0.15) is 0 Å². The summed E-state index contributed by atoms with van der Waals surface area (Å²) in [5.41, 5.74) is 8.14. The van der Waals surface area contributed by atoms with E-state index < -0.39 is 0 Å². The van der Waals surface area contributed by atoms with Crippen molar-refractivity contribution in [2.45, 2.75) is 32.9 Å². The van der Waals surface area contributed by atoms with E-state index in [1.165, 1.54) is 11.1 Å². The summed E-state index contributed by atoms with van der Waals surface area (Å²) < 4.78 is 0. The molecule has 0 aliphatic rings. The number of hydrogen-bond acceptors (Lipinski definition) is 2. The van der Waals surface area contributed by atoms with Gasteiger partial charge >= 0.3 is 0 Å². The monoisotopic (exact) mass is 192 g/mol. The Labute approximate surface area is 86.5 Å². The van der Waals surface area contributed by atoms with Gasteiger partial charge in [0.25, 0.3) is 0 Å². The molecule has 0 unspecified atom stereocenters. The number of rotatable bonds is 5. The van der Waals surface area contributed by atoms with Gasteiger partial charge in [0.2, 0.25) is 0 Å². The van der Waals surface area contributed by atoms with Crippen molar-refractivity contribution < 1.29 is 0 Å². The van der Waals surface area contributed by atoms with Crippen molar-refractivity contribution in [2.75, 3.05) is 6.54 Å². The average molecular weight is 192 g/mol. The SMILES string of the molecule is CC(C)NCc1ccc(CCN)cc1. The molecular weight excluding hydrogens is 172 g/mol. The second-order valence-corrected chi connectivity index (χ2v) is 3.89. The third-order valence-corrected chi connectivity index (χ3v) is 2.17. The molecule has 0 aliphatic carbocycles. The Balaban J connectivity index is 2.46. The highest BCUT2D eigenvalue weighted by Gasteiger charge is 1.95. The lowest BCUT2D eigenvalue weighted by atomic mass is 10.1. The van der Waals surface area contributed by atoms with E-state index in [1.807, 2.05) is 0 Å². The fourth-order valence-electron chi connectivity index (χ4n) is 1.31. The molecule has 3 N–H and O–H groups in total. The Bertz CT molecular complexity index is 252. The largest absolute Gasteiger partial charge is 0.330 e. The fraction of sp³-hybridized carbons (Fsp3) is 0.500. The number of nitrogens with two attached hydrogens (primary N) is 1. The maximum absolute atomic E-state index is 5.48. The summed E-state index contributed by atoms with van der Waals surface area (Å²) in [6.45, 7) is 5.98. The smallest absolute Gasteiger partial charge is 0.0207 e. The van der Waals surface area contributed by atoms with Gasteiger partial charge in [-0.05, 0) is 24.1 Å². The van der Waals surface area contributed by atoms with Crippen LogP contribution in [0, 0.1) is 0 Å². The second-order valence-electron chi connectivity index (χ2n) is 3.89. The lowest BCUT2D eigenvalue weighted by Crippen LogP contribution is -2.21. The lowest BCUT2D eigenvalue weighted by molar-refractivity contribution is 0.589. The van der Waals surface area contributed by atoms with Crippen LogP contribution in [-0.2, 0) is 13.0 Å². The summed E-state index contributed by atoms with van der Waals surface area (Å²) >= 11 is 0. The third kappa shape index (κ3) is 3.90. The van der Waals surface area contributed by atoms with Crippen LogP contribution in [0.25, 0.3) is 0 Å². The minimum atomic E-state index is 0.540. The van der Waals surface area contributed by atoms with Crippen LogP contribution in [0.2, 0.25) is 0 Å². The van der Waals surface area contributed by atoms with Gasteiger partial charge in [-0.25, -0.2) is 0 Å². The molecule has 0 heterocycles. The van der Waals surface area contributed by atoms with Gasteiger partial charge in [0, 0.05) is 12.6 Å². The summed E-state index contributed by atoms with van der Waals surface area (Å²) in [7, 11) is 0. The highest BCUT2D eigenvalue weighted by molar-refractivity contribution is 5.22. The van der Waals surface area contributed by atoms with Gasteiger partial charge < -0.3 is 11.1 Å². The van der Waals surface area contributed by atoms with Crippen LogP contribution in [-0.4, -0.2) is 12.6 Å². The van der Waals surface area contributed by atoms with Crippen molar-refractivity contribution in [3.05, 3.63) is 35.4 Å². The second kappa shape index (κ2) is 5.78. The number of benzene rings is 1. The van der Waals surface area contributed by atoms with Crippen molar-refractivity contribution in [2.24, 2.45) is 5.73 Å². The molecule has 14 heavy (non-hydrogen) atoms. The Kier molecular flexibility index (Phi) is 4.63. The van der Waals surface area contributed by atoms with E-state index in [9.17, 15) is 0 Å². The third-order valence-electron chi connectivity index (χ3n) is 2.17. The predicted molar refractivity (Wildman–Crippen MR) is 61.2 cm³/mol. The summed E-state index contributed by atoms with van der Waals surface area (Å²) in [5, 5.41) is 3.39. The molecule has 0 atom stereocenters. The molecule has 0 radical (unpaired) electrons. The van der Waals surface area contributed by atoms with E-state index >= 15 is 0 Å². The molecule has 2 nitrogen and oxygen atoms in total. The first-order valence-corrected chi connectivity index (χ1v) is 5.23. The summed E-state index contributed by atoms with van der Waals surface area (Å²) in [4.78, 5) is 0. The molecule has 0 saturated heterocycles. The maximum Gasteiger partial charge on any atom is 0.0207 e. The van der Waals surface area contributed by atoms with Crippen molar-refractivity contribution >= 4 is 0 Å². The molecule has 78 valence electrons. The molecule has 1 rings (SSSR count). The highest BCUT2D eigenvalue weighted by atomic mass is 14.9. The van der Waals surface area contributed by atoms with Crippen molar-refractivity contribution in [1.82, 2.24) is 5.32 Å². The van der Waals surface area contributed by atoms with Crippen LogP contribution < -0.4 is 11.1 Å². The van der Waals surface area contributed by atoms with Crippen LogP contribution >= 0.6 is 0 Å². The Morgan fingerprint density at radius 3 is 2.21 bits per heavy atom. The molecule has 0 spiro atoms. The zero-order valence-electron chi connectivity index (χ0n) is 9.09. The Hall–Kier alpha value is -0.860. The minimum absolute atomic E-state index is 0.540. The van der Waals surface area contributed by atoms with E-state index in [4.69, 9.17) is 5.73 Å². The normalized spacial score (nSPS) is 10.9. The van der Waals surface area contributed by atoms with Gasteiger partial charge in [-0.2, -0.15) is 0 Å². The van der Waals surface area contributed by atoms with Gasteiger partial charge in [-0.15, -0.1) is 0 Å². The molecule has 0 bridgehead atoms. The Morgan fingerprint density at radius 1 is 1.14 bits per heavy atom. The number of hydrogen-bond donors (Lipinski definition) is 2. The first-order chi connectivity index (χ1) is 6.72. The zero-order valence-corrected chi connectivity index (χ0v) is 9.09. The van der Waals surface area contributed by atoms with Crippen LogP contribution in [0.5, 0.6) is 0 Å². The van der Waals surface area contributed by atoms with Gasteiger partial charge in [0.05, 0.1) is 0 Å². The first-order valence-electron chi connectivity index (χ1n) is 5.23. The molecule has 0 amide bonds. The molecule has 0 saturated carbocycles. The van der Waals surface area contributed by atoms with E-state index in [-0.39, 0.29) is 0 Å². The molecular formula is C12H20N2. The summed E-state index contributed by atoms with van der Waals surface area (Å²) in [6, 6.07) is 9.19. The summed E-state index contributed by atoms with van der Waals surface area (Å²) in [6.07, 6.45) is 0.970. The van der Waals surface area contributed by atoms with Gasteiger partial charge in [-0.3, -0.25) is 0 Å². The van der Waals surface area contributed by atoms with E-state index in [1.54, 1.807) is 0 Å². The fourth-order valence-corrected chi connectivity index (χ4v) is 1.31. The summed E-state index contributed by atoms with van der Waals surface area (Å²) in [5.74, 6) is 0.